The van der Waals surface area contributed by atoms with Gasteiger partial charge in [0.25, 0.3) is 0 Å². The zero-order valence-corrected chi connectivity index (χ0v) is 12.1. The molecule has 3 rings (SSSR count). The second-order valence-electron chi connectivity index (χ2n) is 6.40. The number of para-hydroxylation sites is 1. The first-order chi connectivity index (χ1) is 9.55. The van der Waals surface area contributed by atoms with Gasteiger partial charge in [-0.05, 0) is 43.2 Å². The third kappa shape index (κ3) is 2.55. The number of nitrogens with two attached hydrogens (primary N) is 1. The lowest BCUT2D eigenvalue weighted by Gasteiger charge is -2.34. The van der Waals surface area contributed by atoms with Crippen molar-refractivity contribution in [2.75, 3.05) is 5.73 Å². The number of hydrogen-bond donors (Lipinski definition) is 1. The summed E-state index contributed by atoms with van der Waals surface area (Å²) in [5.41, 5.74) is 7.83. The van der Waals surface area contributed by atoms with Crippen LogP contribution in [0.3, 0.4) is 0 Å². The van der Waals surface area contributed by atoms with Gasteiger partial charge in [0.15, 0.2) is 0 Å². The molecule has 0 radical (unpaired) electrons. The Morgan fingerprint density at radius 2 is 1.95 bits per heavy atom. The maximum absolute atomic E-state index is 6.11. The minimum Gasteiger partial charge on any atom is -0.474 e. The fraction of sp³-hybridized carbons (Fsp3) is 0.500. The van der Waals surface area contributed by atoms with E-state index in [-0.39, 0.29) is 6.10 Å². The smallest absolute Gasteiger partial charge is 0.224 e. The maximum atomic E-state index is 6.11. The van der Waals surface area contributed by atoms with Gasteiger partial charge in [-0.2, -0.15) is 0 Å². The molecule has 0 amide bonds. The van der Waals surface area contributed by atoms with Crippen molar-refractivity contribution in [2.24, 2.45) is 5.41 Å². The molecule has 1 aliphatic rings. The minimum atomic E-state index is 0.252. The van der Waals surface area contributed by atoms with Gasteiger partial charge >= 0.3 is 0 Å². The van der Waals surface area contributed by atoms with Gasteiger partial charge in [-0.15, -0.1) is 0 Å². The van der Waals surface area contributed by atoms with Gasteiger partial charge in [-0.25, -0.2) is 9.97 Å². The second-order valence-corrected chi connectivity index (χ2v) is 6.40. The second kappa shape index (κ2) is 4.93. The molecular formula is C16H21N3O. The molecule has 1 saturated carbocycles. The number of nitrogens with zero attached hydrogens (tertiary/aromatic N) is 2. The molecule has 0 saturated heterocycles. The van der Waals surface area contributed by atoms with Gasteiger partial charge in [-0.1, -0.05) is 19.9 Å². The molecule has 4 heteroatoms. The average molecular weight is 271 g/mol. The molecule has 4 nitrogen and oxygen atoms in total. The molecule has 2 aromatic rings. The zero-order valence-electron chi connectivity index (χ0n) is 12.1. The van der Waals surface area contributed by atoms with E-state index >= 15 is 0 Å². The summed E-state index contributed by atoms with van der Waals surface area (Å²) in [6.45, 7) is 4.65. The first kappa shape index (κ1) is 13.2. The van der Waals surface area contributed by atoms with Crippen molar-refractivity contribution in [3.8, 4) is 5.88 Å². The Hall–Kier alpha value is -1.84. The van der Waals surface area contributed by atoms with Gasteiger partial charge < -0.3 is 10.5 Å². The van der Waals surface area contributed by atoms with E-state index in [1.165, 1.54) is 19.2 Å². The molecule has 0 atom stereocenters. The summed E-state index contributed by atoms with van der Waals surface area (Å²) in [4.78, 5) is 8.53. The molecule has 0 spiro atoms. The number of fused-ring (bicyclic) bond motifs is 1. The largest absolute Gasteiger partial charge is 0.474 e. The van der Waals surface area contributed by atoms with Crippen molar-refractivity contribution in [3.05, 3.63) is 24.5 Å². The molecule has 0 unspecified atom stereocenters. The average Bonchev–Trinajstić information content (AvgIpc) is 2.42. The van der Waals surface area contributed by atoms with Gasteiger partial charge in [0.05, 0.1) is 11.1 Å². The Kier molecular flexibility index (Phi) is 3.24. The standard InChI is InChI=1S/C16H21N3O/c1-16(2)8-6-11(7-9-16)20-15-12-4-3-5-13(17)14(12)18-10-19-15/h3-5,10-11H,6-9,17H2,1-2H3. The lowest BCUT2D eigenvalue weighted by Crippen LogP contribution is -2.28. The van der Waals surface area contributed by atoms with E-state index in [0.29, 0.717) is 17.0 Å². The molecule has 1 aromatic carbocycles. The van der Waals surface area contributed by atoms with Crippen LogP contribution in [-0.2, 0) is 0 Å². The molecule has 0 bridgehead atoms. The number of benzene rings is 1. The summed E-state index contributed by atoms with van der Waals surface area (Å²) < 4.78 is 6.11. The Morgan fingerprint density at radius 3 is 2.70 bits per heavy atom. The van der Waals surface area contributed by atoms with Crippen LogP contribution >= 0.6 is 0 Å². The van der Waals surface area contributed by atoms with Crippen LogP contribution < -0.4 is 10.5 Å². The lowest BCUT2D eigenvalue weighted by molar-refractivity contribution is 0.0962. The quantitative estimate of drug-likeness (QED) is 0.848. The van der Waals surface area contributed by atoms with Gasteiger partial charge in [-0.3, -0.25) is 0 Å². The van der Waals surface area contributed by atoms with Crippen LogP contribution in [0, 0.1) is 5.41 Å². The third-order valence-electron chi connectivity index (χ3n) is 4.22. The topological polar surface area (TPSA) is 61.0 Å². The number of aromatic nitrogens is 2. The predicted molar refractivity (Wildman–Crippen MR) is 80.6 cm³/mol. The highest BCUT2D eigenvalue weighted by Gasteiger charge is 2.28. The van der Waals surface area contributed by atoms with E-state index in [9.17, 15) is 0 Å². The summed E-state index contributed by atoms with van der Waals surface area (Å²) in [5, 5.41) is 0.900. The monoisotopic (exact) mass is 271 g/mol. The van der Waals surface area contributed by atoms with Crippen LogP contribution in [0.2, 0.25) is 0 Å². The molecule has 1 heterocycles. The zero-order chi connectivity index (χ0) is 14.2. The maximum Gasteiger partial charge on any atom is 0.224 e. The van der Waals surface area contributed by atoms with E-state index in [0.717, 1.165) is 23.7 Å². The van der Waals surface area contributed by atoms with Crippen LogP contribution in [0.4, 0.5) is 5.69 Å². The van der Waals surface area contributed by atoms with E-state index in [1.54, 1.807) is 0 Å². The summed E-state index contributed by atoms with van der Waals surface area (Å²) in [6.07, 6.45) is 6.34. The molecule has 106 valence electrons. The van der Waals surface area contributed by atoms with Crippen LogP contribution in [0.25, 0.3) is 10.9 Å². The normalized spacial score (nSPS) is 19.1. The van der Waals surface area contributed by atoms with Crippen molar-refractivity contribution in [1.29, 1.82) is 0 Å². The fourth-order valence-electron chi connectivity index (χ4n) is 2.83. The highest BCUT2D eigenvalue weighted by Crippen LogP contribution is 2.37. The molecule has 20 heavy (non-hydrogen) atoms. The van der Waals surface area contributed by atoms with Gasteiger partial charge in [0, 0.05) is 0 Å². The third-order valence-corrected chi connectivity index (χ3v) is 4.22. The Morgan fingerprint density at radius 1 is 1.20 bits per heavy atom. The van der Waals surface area contributed by atoms with Gasteiger partial charge in [0.2, 0.25) is 5.88 Å². The first-order valence-electron chi connectivity index (χ1n) is 7.21. The predicted octanol–water partition coefficient (Wildman–Crippen LogP) is 3.56. The van der Waals surface area contributed by atoms with Crippen LogP contribution in [0.5, 0.6) is 5.88 Å². The number of ether oxygens (including phenoxy) is 1. The first-order valence-corrected chi connectivity index (χ1v) is 7.21. The van der Waals surface area contributed by atoms with Crippen molar-refractivity contribution in [3.63, 3.8) is 0 Å². The van der Waals surface area contributed by atoms with Crippen LogP contribution in [-0.4, -0.2) is 16.1 Å². The summed E-state index contributed by atoms with van der Waals surface area (Å²) in [6, 6.07) is 5.73. The van der Waals surface area contributed by atoms with Crippen LogP contribution in [0.15, 0.2) is 24.5 Å². The molecule has 1 aromatic heterocycles. The highest BCUT2D eigenvalue weighted by atomic mass is 16.5. The highest BCUT2D eigenvalue weighted by molar-refractivity contribution is 5.92. The molecule has 1 aliphatic carbocycles. The fourth-order valence-corrected chi connectivity index (χ4v) is 2.83. The van der Waals surface area contributed by atoms with E-state index in [1.807, 2.05) is 18.2 Å². The molecule has 2 N–H and O–H groups in total. The van der Waals surface area contributed by atoms with E-state index < -0.39 is 0 Å². The SMILES string of the molecule is CC1(C)CCC(Oc2ncnc3c(N)cccc23)CC1. The van der Waals surface area contributed by atoms with E-state index in [2.05, 4.69) is 23.8 Å². The van der Waals surface area contributed by atoms with Gasteiger partial charge in [0.1, 0.15) is 17.9 Å². The Labute approximate surface area is 119 Å². The lowest BCUT2D eigenvalue weighted by atomic mass is 9.76. The van der Waals surface area contributed by atoms with Crippen LogP contribution in [0.1, 0.15) is 39.5 Å². The molecular weight excluding hydrogens is 250 g/mol. The molecule has 0 aliphatic heterocycles. The number of rotatable bonds is 2. The summed E-state index contributed by atoms with van der Waals surface area (Å²) in [7, 11) is 0. The number of anilines is 1. The van der Waals surface area contributed by atoms with E-state index in [4.69, 9.17) is 10.5 Å². The Balaban J connectivity index is 1.83. The van der Waals surface area contributed by atoms with Crippen molar-refractivity contribution in [1.82, 2.24) is 9.97 Å². The number of hydrogen-bond acceptors (Lipinski definition) is 4. The minimum absolute atomic E-state index is 0.252. The van der Waals surface area contributed by atoms with Crippen molar-refractivity contribution < 1.29 is 4.74 Å². The molecule has 1 fully saturated rings. The Bertz CT molecular complexity index is 614. The van der Waals surface area contributed by atoms with Crippen molar-refractivity contribution >= 4 is 16.6 Å². The van der Waals surface area contributed by atoms with Crippen molar-refractivity contribution in [2.45, 2.75) is 45.6 Å². The number of nitrogen functional groups attached to an aromatic ring is 1. The summed E-state index contributed by atoms with van der Waals surface area (Å²) >= 11 is 0. The summed E-state index contributed by atoms with van der Waals surface area (Å²) in [5.74, 6) is 0.659.